The van der Waals surface area contributed by atoms with Crippen molar-refractivity contribution in [3.63, 3.8) is 0 Å². The molecule has 1 aliphatic rings. The van der Waals surface area contributed by atoms with Crippen LogP contribution in [-0.2, 0) is 4.79 Å². The molecule has 0 unspecified atom stereocenters. The highest BCUT2D eigenvalue weighted by Gasteiger charge is 2.29. The zero-order valence-electron chi connectivity index (χ0n) is 7.66. The standard InChI is InChI=1S/C8H13F3N2O/c9-8(10,11)5-13-7(14)6-3-1-2-4-12-6/h6,12H,1-5H2,(H,13,14)/t6-/m1/s1. The van der Waals surface area contributed by atoms with E-state index in [-0.39, 0.29) is 0 Å². The fraction of sp³-hybridized carbons (Fsp3) is 0.875. The van der Waals surface area contributed by atoms with E-state index in [1.165, 1.54) is 0 Å². The average Bonchev–Trinajstić information content (AvgIpc) is 2.14. The Balaban J connectivity index is 2.27. The summed E-state index contributed by atoms with van der Waals surface area (Å²) < 4.78 is 35.2. The summed E-state index contributed by atoms with van der Waals surface area (Å²) in [4.78, 5) is 11.2. The minimum Gasteiger partial charge on any atom is -0.346 e. The number of halogens is 3. The number of carbonyl (C=O) groups is 1. The first-order valence-corrected chi connectivity index (χ1v) is 4.57. The number of carbonyl (C=O) groups excluding carboxylic acids is 1. The van der Waals surface area contributed by atoms with E-state index in [0.717, 1.165) is 12.8 Å². The van der Waals surface area contributed by atoms with Gasteiger partial charge in [0.05, 0.1) is 6.04 Å². The van der Waals surface area contributed by atoms with Gasteiger partial charge in [0.1, 0.15) is 6.54 Å². The molecule has 1 aliphatic heterocycles. The molecule has 0 spiro atoms. The zero-order chi connectivity index (χ0) is 10.6. The highest BCUT2D eigenvalue weighted by Crippen LogP contribution is 2.13. The highest BCUT2D eigenvalue weighted by molar-refractivity contribution is 5.81. The third kappa shape index (κ3) is 3.95. The molecule has 1 heterocycles. The lowest BCUT2D eigenvalue weighted by atomic mass is 10.0. The number of alkyl halides is 3. The predicted molar refractivity (Wildman–Crippen MR) is 44.7 cm³/mol. The van der Waals surface area contributed by atoms with Crippen LogP contribution < -0.4 is 10.6 Å². The summed E-state index contributed by atoms with van der Waals surface area (Å²) in [6, 6.07) is -0.453. The van der Waals surface area contributed by atoms with Gasteiger partial charge in [-0.05, 0) is 19.4 Å². The van der Waals surface area contributed by atoms with Crippen molar-refractivity contribution in [2.75, 3.05) is 13.1 Å². The van der Waals surface area contributed by atoms with Crippen LogP contribution in [0.2, 0.25) is 0 Å². The Morgan fingerprint density at radius 2 is 2.14 bits per heavy atom. The van der Waals surface area contributed by atoms with Crippen molar-refractivity contribution in [2.24, 2.45) is 0 Å². The van der Waals surface area contributed by atoms with Gasteiger partial charge in [-0.15, -0.1) is 0 Å². The Morgan fingerprint density at radius 1 is 1.43 bits per heavy atom. The van der Waals surface area contributed by atoms with Crippen LogP contribution in [0.1, 0.15) is 19.3 Å². The molecule has 82 valence electrons. The molecule has 1 saturated heterocycles. The molecule has 1 amide bonds. The van der Waals surface area contributed by atoms with Gasteiger partial charge < -0.3 is 10.6 Å². The van der Waals surface area contributed by atoms with Crippen LogP contribution in [0.15, 0.2) is 0 Å². The van der Waals surface area contributed by atoms with E-state index in [9.17, 15) is 18.0 Å². The number of hydrogen-bond acceptors (Lipinski definition) is 2. The molecule has 0 radical (unpaired) electrons. The molecule has 0 aromatic heterocycles. The Morgan fingerprint density at radius 3 is 2.64 bits per heavy atom. The second-order valence-corrected chi connectivity index (χ2v) is 3.34. The lowest BCUT2D eigenvalue weighted by molar-refractivity contribution is -0.139. The van der Waals surface area contributed by atoms with Crippen molar-refractivity contribution in [3.8, 4) is 0 Å². The molecule has 0 aromatic carbocycles. The van der Waals surface area contributed by atoms with Gasteiger partial charge in [-0.3, -0.25) is 4.79 Å². The third-order valence-corrected chi connectivity index (χ3v) is 2.09. The Kier molecular flexibility index (Phi) is 3.74. The first-order valence-electron chi connectivity index (χ1n) is 4.57. The molecule has 14 heavy (non-hydrogen) atoms. The van der Waals surface area contributed by atoms with Crippen LogP contribution in [0.3, 0.4) is 0 Å². The Bertz CT molecular complexity index is 199. The van der Waals surface area contributed by atoms with E-state index in [1.807, 2.05) is 5.32 Å². The van der Waals surface area contributed by atoms with Crippen LogP contribution in [0.5, 0.6) is 0 Å². The monoisotopic (exact) mass is 210 g/mol. The van der Waals surface area contributed by atoms with Crippen molar-refractivity contribution < 1.29 is 18.0 Å². The number of nitrogens with one attached hydrogen (secondary N) is 2. The topological polar surface area (TPSA) is 41.1 Å². The summed E-state index contributed by atoms with van der Waals surface area (Å²) in [7, 11) is 0. The number of hydrogen-bond donors (Lipinski definition) is 2. The van der Waals surface area contributed by atoms with Crippen molar-refractivity contribution in [2.45, 2.75) is 31.5 Å². The van der Waals surface area contributed by atoms with E-state index in [2.05, 4.69) is 5.32 Å². The van der Waals surface area contributed by atoms with E-state index in [4.69, 9.17) is 0 Å². The average molecular weight is 210 g/mol. The molecule has 0 aromatic rings. The first-order chi connectivity index (χ1) is 6.49. The summed E-state index contributed by atoms with van der Waals surface area (Å²) in [5.74, 6) is -0.554. The van der Waals surface area contributed by atoms with Crippen molar-refractivity contribution in [1.29, 1.82) is 0 Å². The molecular formula is C8H13F3N2O. The lowest BCUT2D eigenvalue weighted by Gasteiger charge is -2.22. The largest absolute Gasteiger partial charge is 0.405 e. The second-order valence-electron chi connectivity index (χ2n) is 3.34. The summed E-state index contributed by atoms with van der Waals surface area (Å²) in [6.07, 6.45) is -1.85. The van der Waals surface area contributed by atoms with Crippen LogP contribution >= 0.6 is 0 Å². The molecule has 0 bridgehead atoms. The maximum absolute atomic E-state index is 11.7. The molecular weight excluding hydrogens is 197 g/mol. The van der Waals surface area contributed by atoms with Gasteiger partial charge >= 0.3 is 6.18 Å². The Labute approximate surface area is 80.0 Å². The number of rotatable bonds is 2. The van der Waals surface area contributed by atoms with Gasteiger partial charge in [-0.1, -0.05) is 6.42 Å². The molecule has 2 N–H and O–H groups in total. The first kappa shape index (κ1) is 11.3. The van der Waals surface area contributed by atoms with Crippen molar-refractivity contribution >= 4 is 5.91 Å². The minimum atomic E-state index is -4.33. The normalized spacial score (nSPS) is 23.2. The molecule has 1 atom stereocenters. The van der Waals surface area contributed by atoms with Crippen LogP contribution in [0, 0.1) is 0 Å². The molecule has 1 fully saturated rings. The summed E-state index contributed by atoms with van der Waals surface area (Å²) in [5, 5.41) is 4.74. The molecule has 0 saturated carbocycles. The second kappa shape index (κ2) is 4.63. The number of amides is 1. The zero-order valence-corrected chi connectivity index (χ0v) is 7.66. The van der Waals surface area contributed by atoms with Crippen molar-refractivity contribution in [1.82, 2.24) is 10.6 Å². The molecule has 1 rings (SSSR count). The smallest absolute Gasteiger partial charge is 0.346 e. The van der Waals surface area contributed by atoms with Crippen molar-refractivity contribution in [3.05, 3.63) is 0 Å². The Hall–Kier alpha value is -0.780. The number of piperidine rings is 1. The van der Waals surface area contributed by atoms with Gasteiger partial charge in [-0.25, -0.2) is 0 Å². The summed E-state index contributed by atoms with van der Waals surface area (Å²) in [6.45, 7) is -0.548. The van der Waals surface area contributed by atoms with Gasteiger partial charge in [0, 0.05) is 0 Å². The van der Waals surface area contributed by atoms with Crippen LogP contribution in [0.25, 0.3) is 0 Å². The molecule has 6 heteroatoms. The lowest BCUT2D eigenvalue weighted by Crippen LogP contribution is -2.48. The van der Waals surface area contributed by atoms with E-state index in [1.54, 1.807) is 0 Å². The summed E-state index contributed by atoms with van der Waals surface area (Å²) in [5.41, 5.74) is 0. The third-order valence-electron chi connectivity index (χ3n) is 2.09. The fourth-order valence-electron chi connectivity index (χ4n) is 1.39. The fourth-order valence-corrected chi connectivity index (χ4v) is 1.39. The van der Waals surface area contributed by atoms with Gasteiger partial charge in [0.25, 0.3) is 0 Å². The maximum Gasteiger partial charge on any atom is 0.405 e. The maximum atomic E-state index is 11.7. The quantitative estimate of drug-likeness (QED) is 0.708. The highest BCUT2D eigenvalue weighted by atomic mass is 19.4. The van der Waals surface area contributed by atoms with E-state index < -0.39 is 24.7 Å². The van der Waals surface area contributed by atoms with Gasteiger partial charge in [0.15, 0.2) is 0 Å². The minimum absolute atomic E-state index is 0.453. The predicted octanol–water partition coefficient (Wildman–Crippen LogP) is 0.807. The van der Waals surface area contributed by atoms with Crippen LogP contribution in [-0.4, -0.2) is 31.2 Å². The SMILES string of the molecule is O=C(NCC(F)(F)F)[C@H]1CCCCN1. The van der Waals surface area contributed by atoms with E-state index in [0.29, 0.717) is 13.0 Å². The molecule has 0 aliphatic carbocycles. The van der Waals surface area contributed by atoms with E-state index >= 15 is 0 Å². The summed E-state index contributed by atoms with van der Waals surface area (Å²) >= 11 is 0. The van der Waals surface area contributed by atoms with Gasteiger partial charge in [-0.2, -0.15) is 13.2 Å². The van der Waals surface area contributed by atoms with Gasteiger partial charge in [0.2, 0.25) is 5.91 Å². The van der Waals surface area contributed by atoms with Crippen LogP contribution in [0.4, 0.5) is 13.2 Å². The molecule has 3 nitrogen and oxygen atoms in total.